The lowest BCUT2D eigenvalue weighted by Gasteiger charge is -2.62. The minimum atomic E-state index is 0.182. The van der Waals surface area contributed by atoms with Crippen molar-refractivity contribution in [1.29, 1.82) is 0 Å². The van der Waals surface area contributed by atoms with E-state index in [4.69, 9.17) is 0 Å². The summed E-state index contributed by atoms with van der Waals surface area (Å²) in [5.41, 5.74) is 2.16. The number of likely N-dealkylation sites (tertiary alicyclic amines) is 1. The lowest BCUT2D eigenvalue weighted by molar-refractivity contribution is -0.0666. The zero-order valence-electron chi connectivity index (χ0n) is 13.2. The van der Waals surface area contributed by atoms with Crippen molar-refractivity contribution in [2.24, 2.45) is 10.4 Å². The van der Waals surface area contributed by atoms with Crippen LogP contribution in [0.25, 0.3) is 0 Å². The van der Waals surface area contributed by atoms with Gasteiger partial charge < -0.3 is 10.2 Å². The number of guanidine groups is 1. The van der Waals surface area contributed by atoms with E-state index >= 15 is 0 Å². The Hall–Kier alpha value is -0.990. The summed E-state index contributed by atoms with van der Waals surface area (Å²) in [5, 5.41) is 3.53. The molecule has 3 nitrogen and oxygen atoms in total. The predicted octanol–water partition coefficient (Wildman–Crippen LogP) is 3.18. The zero-order valence-corrected chi connectivity index (χ0v) is 13.2. The van der Waals surface area contributed by atoms with Gasteiger partial charge in [0.2, 0.25) is 0 Å². The minimum absolute atomic E-state index is 0.182. The molecule has 1 fully saturated rings. The standard InChI is InChI=1S/C16H29N3/c1-15(2)12-19(16(15,3)4)14(17-5)18-11-10-13-8-6-7-9-13/h8H,6-7,9-12H2,1-5H3,(H,17,18). The Morgan fingerprint density at radius 1 is 1.37 bits per heavy atom. The smallest absolute Gasteiger partial charge is 0.194 e. The van der Waals surface area contributed by atoms with Crippen LogP contribution in [0, 0.1) is 5.41 Å². The van der Waals surface area contributed by atoms with E-state index < -0.39 is 0 Å². The van der Waals surface area contributed by atoms with E-state index in [1.165, 1.54) is 19.3 Å². The topological polar surface area (TPSA) is 27.6 Å². The summed E-state index contributed by atoms with van der Waals surface area (Å²) in [7, 11) is 1.89. The normalized spacial score (nSPS) is 25.0. The number of nitrogens with zero attached hydrogens (tertiary/aromatic N) is 2. The first kappa shape index (κ1) is 14.4. The van der Waals surface area contributed by atoms with Gasteiger partial charge in [-0.1, -0.05) is 25.5 Å². The lowest BCUT2D eigenvalue weighted by Crippen LogP contribution is -2.72. The van der Waals surface area contributed by atoms with Crippen LogP contribution in [0.4, 0.5) is 0 Å². The van der Waals surface area contributed by atoms with Gasteiger partial charge in [-0.3, -0.25) is 4.99 Å². The molecule has 108 valence electrons. The molecule has 1 aliphatic carbocycles. The maximum atomic E-state index is 4.45. The van der Waals surface area contributed by atoms with Crippen LogP contribution in [0.3, 0.4) is 0 Å². The number of hydrogen-bond acceptors (Lipinski definition) is 1. The van der Waals surface area contributed by atoms with E-state index in [1.807, 2.05) is 7.05 Å². The number of rotatable bonds is 3. The van der Waals surface area contributed by atoms with Crippen LogP contribution < -0.4 is 5.32 Å². The Morgan fingerprint density at radius 3 is 2.58 bits per heavy atom. The Kier molecular flexibility index (Phi) is 3.93. The molecule has 0 atom stereocenters. The summed E-state index contributed by atoms with van der Waals surface area (Å²) in [4.78, 5) is 6.85. The molecule has 0 unspecified atom stereocenters. The summed E-state index contributed by atoms with van der Waals surface area (Å²) >= 11 is 0. The van der Waals surface area contributed by atoms with Crippen LogP contribution >= 0.6 is 0 Å². The van der Waals surface area contributed by atoms with E-state index in [2.05, 4.69) is 49.0 Å². The molecule has 0 aromatic carbocycles. The quantitative estimate of drug-likeness (QED) is 0.481. The van der Waals surface area contributed by atoms with Crippen LogP contribution in [0.15, 0.2) is 16.6 Å². The second kappa shape index (κ2) is 5.18. The summed E-state index contributed by atoms with van der Waals surface area (Å²) in [6, 6.07) is 0. The molecule has 1 saturated heterocycles. The lowest BCUT2D eigenvalue weighted by atomic mass is 9.65. The van der Waals surface area contributed by atoms with E-state index in [0.29, 0.717) is 5.41 Å². The average Bonchev–Trinajstić information content (AvgIpc) is 2.85. The van der Waals surface area contributed by atoms with Gasteiger partial charge in [-0.05, 0) is 39.5 Å². The molecule has 0 bridgehead atoms. The van der Waals surface area contributed by atoms with Gasteiger partial charge in [-0.25, -0.2) is 0 Å². The second-order valence-corrected chi connectivity index (χ2v) is 7.01. The third-order valence-corrected chi connectivity index (χ3v) is 5.22. The minimum Gasteiger partial charge on any atom is -0.356 e. The van der Waals surface area contributed by atoms with Gasteiger partial charge in [0, 0.05) is 31.1 Å². The zero-order chi connectivity index (χ0) is 14.1. The highest BCUT2D eigenvalue weighted by Gasteiger charge is 2.53. The van der Waals surface area contributed by atoms with Crippen molar-refractivity contribution >= 4 is 5.96 Å². The molecule has 0 aromatic heterocycles. The van der Waals surface area contributed by atoms with Crippen molar-refractivity contribution in [2.45, 2.75) is 58.9 Å². The fourth-order valence-electron chi connectivity index (χ4n) is 2.99. The molecule has 19 heavy (non-hydrogen) atoms. The van der Waals surface area contributed by atoms with Crippen molar-refractivity contribution in [3.63, 3.8) is 0 Å². The molecule has 0 aromatic rings. The highest BCUT2D eigenvalue weighted by molar-refractivity contribution is 5.82. The van der Waals surface area contributed by atoms with E-state index in [0.717, 1.165) is 25.5 Å². The van der Waals surface area contributed by atoms with Crippen molar-refractivity contribution in [3.8, 4) is 0 Å². The average molecular weight is 263 g/mol. The van der Waals surface area contributed by atoms with Gasteiger partial charge in [-0.15, -0.1) is 0 Å². The maximum absolute atomic E-state index is 4.45. The van der Waals surface area contributed by atoms with Crippen LogP contribution in [-0.4, -0.2) is 36.5 Å². The number of allylic oxidation sites excluding steroid dienone is 1. The third kappa shape index (κ3) is 2.65. The number of nitrogens with one attached hydrogen (secondary N) is 1. The molecule has 0 saturated carbocycles. The summed E-state index contributed by atoms with van der Waals surface area (Å²) in [6.07, 6.45) is 7.48. The molecule has 2 aliphatic rings. The van der Waals surface area contributed by atoms with Gasteiger partial charge in [0.15, 0.2) is 5.96 Å². The Labute approximate surface area is 118 Å². The molecular formula is C16H29N3. The molecule has 1 aliphatic heterocycles. The third-order valence-electron chi connectivity index (χ3n) is 5.22. The van der Waals surface area contributed by atoms with Gasteiger partial charge in [0.05, 0.1) is 0 Å². The largest absolute Gasteiger partial charge is 0.356 e. The molecule has 0 radical (unpaired) electrons. The summed E-state index contributed by atoms with van der Waals surface area (Å²) < 4.78 is 0. The first-order valence-electron chi connectivity index (χ1n) is 7.55. The highest BCUT2D eigenvalue weighted by Crippen LogP contribution is 2.46. The molecule has 0 amide bonds. The van der Waals surface area contributed by atoms with Crippen molar-refractivity contribution in [2.75, 3.05) is 20.1 Å². The SMILES string of the molecule is CN=C(NCCC1=CCCC1)N1CC(C)(C)C1(C)C. The maximum Gasteiger partial charge on any atom is 0.194 e. The Bertz CT molecular complexity index is 391. The Balaban J connectivity index is 1.85. The summed E-state index contributed by atoms with van der Waals surface area (Å²) in [5.74, 6) is 1.06. The van der Waals surface area contributed by atoms with Crippen LogP contribution in [0.5, 0.6) is 0 Å². The highest BCUT2D eigenvalue weighted by atomic mass is 15.4. The predicted molar refractivity (Wildman–Crippen MR) is 82.5 cm³/mol. The van der Waals surface area contributed by atoms with Crippen molar-refractivity contribution in [3.05, 3.63) is 11.6 Å². The molecule has 0 spiro atoms. The van der Waals surface area contributed by atoms with Gasteiger partial charge in [0.25, 0.3) is 0 Å². The first-order valence-corrected chi connectivity index (χ1v) is 7.55. The van der Waals surface area contributed by atoms with Crippen LogP contribution in [0.2, 0.25) is 0 Å². The number of aliphatic imine (C=N–C) groups is 1. The van der Waals surface area contributed by atoms with Crippen molar-refractivity contribution < 1.29 is 0 Å². The van der Waals surface area contributed by atoms with Crippen molar-refractivity contribution in [1.82, 2.24) is 10.2 Å². The summed E-state index contributed by atoms with van der Waals surface area (Å²) in [6.45, 7) is 11.4. The molecular weight excluding hydrogens is 234 g/mol. The van der Waals surface area contributed by atoms with Crippen LogP contribution in [0.1, 0.15) is 53.4 Å². The van der Waals surface area contributed by atoms with E-state index in [1.54, 1.807) is 5.57 Å². The fourth-order valence-corrected chi connectivity index (χ4v) is 2.99. The first-order chi connectivity index (χ1) is 8.88. The van der Waals surface area contributed by atoms with E-state index in [9.17, 15) is 0 Å². The fraction of sp³-hybridized carbons (Fsp3) is 0.812. The molecule has 3 heteroatoms. The van der Waals surface area contributed by atoms with Crippen LogP contribution in [-0.2, 0) is 0 Å². The molecule has 2 rings (SSSR count). The molecule has 1 heterocycles. The Morgan fingerprint density at radius 2 is 2.11 bits per heavy atom. The van der Waals surface area contributed by atoms with E-state index in [-0.39, 0.29) is 5.54 Å². The van der Waals surface area contributed by atoms with Gasteiger partial charge in [-0.2, -0.15) is 0 Å². The second-order valence-electron chi connectivity index (χ2n) is 7.01. The monoisotopic (exact) mass is 263 g/mol. The van der Waals surface area contributed by atoms with Gasteiger partial charge in [0.1, 0.15) is 0 Å². The number of hydrogen-bond donors (Lipinski definition) is 1. The molecule has 1 N–H and O–H groups in total. The van der Waals surface area contributed by atoms with Gasteiger partial charge >= 0.3 is 0 Å².